The molecule has 0 bridgehead atoms. The number of rotatable bonds is 4. The Balaban J connectivity index is 1.90. The summed E-state index contributed by atoms with van der Waals surface area (Å²) in [6.45, 7) is 0. The number of allylic oxidation sites excluding steroid dienone is 8. The molecule has 0 saturated carbocycles. The second kappa shape index (κ2) is 8.14. The molecule has 0 aromatic heterocycles. The molecule has 7 nitrogen and oxygen atoms in total. The molecule has 0 aromatic rings. The molecule has 0 radical (unpaired) electrons. The van der Waals surface area contributed by atoms with Crippen molar-refractivity contribution in [2.45, 2.75) is 25.7 Å². The third-order valence-corrected chi connectivity index (χ3v) is 8.18. The molecule has 0 atom stereocenters. The largest absolute Gasteiger partial charge is 0.366 e. The zero-order chi connectivity index (χ0) is 23.1. The molecule has 0 amide bonds. The van der Waals surface area contributed by atoms with Crippen LogP contribution in [0.25, 0.3) is 0 Å². The second-order valence-electron chi connectivity index (χ2n) is 7.34. The van der Waals surface area contributed by atoms with E-state index in [9.17, 15) is 30.4 Å². The molecular formula is C21H18F2N2O5S2. The lowest BCUT2D eigenvalue weighted by atomic mass is 9.85. The van der Waals surface area contributed by atoms with Gasteiger partial charge in [0.15, 0.2) is 5.78 Å². The second-order valence-corrected chi connectivity index (χ2v) is 10.9. The summed E-state index contributed by atoms with van der Waals surface area (Å²) in [5, 5.41) is 7.05. The van der Waals surface area contributed by atoms with Gasteiger partial charge in [-0.3, -0.25) is 4.79 Å². The fourth-order valence-corrected chi connectivity index (χ4v) is 6.01. The van der Waals surface area contributed by atoms with Crippen molar-refractivity contribution < 1.29 is 30.4 Å². The van der Waals surface area contributed by atoms with Gasteiger partial charge in [0.05, 0.1) is 20.6 Å². The molecule has 0 saturated heterocycles. The van der Waals surface area contributed by atoms with E-state index < -0.39 is 37.1 Å². The highest BCUT2D eigenvalue weighted by molar-refractivity contribution is 7.98. The van der Waals surface area contributed by atoms with E-state index in [-0.39, 0.29) is 57.8 Å². The van der Waals surface area contributed by atoms with Crippen molar-refractivity contribution in [1.82, 2.24) is 10.6 Å². The Kier molecular flexibility index (Phi) is 5.63. The van der Waals surface area contributed by atoms with Crippen LogP contribution >= 0.6 is 0 Å². The monoisotopic (exact) mass is 480 g/mol. The third-order valence-electron chi connectivity index (χ3n) is 5.29. The fraction of sp³-hybridized carbons (Fsp3) is 0.190. The fourth-order valence-electron chi connectivity index (χ4n) is 3.76. The Morgan fingerprint density at radius 2 is 1.12 bits per heavy atom. The zero-order valence-electron chi connectivity index (χ0n) is 16.6. The van der Waals surface area contributed by atoms with E-state index in [0.29, 0.717) is 0 Å². The molecule has 0 aromatic carbocycles. The molecule has 2 N–H and O–H groups in total. The van der Waals surface area contributed by atoms with Gasteiger partial charge in [-0.1, -0.05) is 0 Å². The lowest BCUT2D eigenvalue weighted by Gasteiger charge is -2.23. The summed E-state index contributed by atoms with van der Waals surface area (Å²) in [7, 11) is -7.85. The molecule has 11 heteroatoms. The van der Waals surface area contributed by atoms with Crippen molar-refractivity contribution >= 4 is 25.5 Å². The SMILES string of the molecule is O=C(C1=C(C2=CNC=CS2(=O)=O)C=C(F)CC1)C1=C(C2=CNC=CS2(=O)=O)C=C(F)CC1. The Bertz CT molecular complexity index is 1270. The number of halogens is 2. The van der Waals surface area contributed by atoms with Gasteiger partial charge in [-0.25, -0.2) is 25.6 Å². The smallest absolute Gasteiger partial charge is 0.203 e. The van der Waals surface area contributed by atoms with Crippen LogP contribution in [-0.4, -0.2) is 22.6 Å². The minimum Gasteiger partial charge on any atom is -0.366 e. The van der Waals surface area contributed by atoms with Crippen LogP contribution in [-0.2, 0) is 24.5 Å². The number of carbonyl (C=O) groups is 1. The van der Waals surface area contributed by atoms with Crippen molar-refractivity contribution in [3.05, 3.63) is 91.5 Å². The van der Waals surface area contributed by atoms with Gasteiger partial charge in [0.25, 0.3) is 0 Å². The standard InChI is InChI=1S/C21H18F2N2O5S2/c22-13-1-3-15(17(9-13)19-11-24-5-7-31(19,27)28)21(26)16-4-2-14(23)10-18(16)20-12-25-6-8-32(20,29)30/h5-12,24-25H,1-4H2. The maximum atomic E-state index is 14.1. The minimum atomic E-state index is -3.92. The summed E-state index contributed by atoms with van der Waals surface area (Å²) >= 11 is 0. The predicted octanol–water partition coefficient (Wildman–Crippen LogP) is 3.10. The van der Waals surface area contributed by atoms with Crippen molar-refractivity contribution in [3.63, 3.8) is 0 Å². The van der Waals surface area contributed by atoms with Crippen LogP contribution in [0.4, 0.5) is 8.78 Å². The Morgan fingerprint density at radius 3 is 1.50 bits per heavy atom. The highest BCUT2D eigenvalue weighted by Gasteiger charge is 2.33. The number of Topliss-reactive ketones (excluding diaryl/α,β-unsaturated/α-hetero) is 1. The first-order valence-electron chi connectivity index (χ1n) is 9.60. The van der Waals surface area contributed by atoms with Crippen LogP contribution in [0.15, 0.2) is 91.5 Å². The first-order chi connectivity index (χ1) is 15.1. The lowest BCUT2D eigenvalue weighted by molar-refractivity contribution is -0.112. The molecule has 4 aliphatic rings. The van der Waals surface area contributed by atoms with Gasteiger partial charge >= 0.3 is 0 Å². The number of hydrogen-bond donors (Lipinski definition) is 2. The normalized spacial score (nSPS) is 24.1. The molecule has 2 heterocycles. The zero-order valence-corrected chi connectivity index (χ0v) is 18.2. The van der Waals surface area contributed by atoms with E-state index in [1.54, 1.807) is 0 Å². The maximum absolute atomic E-state index is 14.1. The van der Waals surface area contributed by atoms with Gasteiger partial charge in [0.2, 0.25) is 19.7 Å². The first-order valence-corrected chi connectivity index (χ1v) is 12.7. The molecule has 4 rings (SSSR count). The summed E-state index contributed by atoms with van der Waals surface area (Å²) in [5.74, 6) is -1.81. The van der Waals surface area contributed by atoms with Crippen LogP contribution in [0.3, 0.4) is 0 Å². The summed E-state index contributed by atoms with van der Waals surface area (Å²) < 4.78 is 78.3. The number of sulfone groups is 2. The van der Waals surface area contributed by atoms with E-state index in [4.69, 9.17) is 0 Å². The van der Waals surface area contributed by atoms with Crippen molar-refractivity contribution in [2.24, 2.45) is 0 Å². The molecule has 2 aliphatic carbocycles. The van der Waals surface area contributed by atoms with Crippen LogP contribution in [0.1, 0.15) is 25.7 Å². The molecule has 0 fully saturated rings. The Hall–Kier alpha value is -3.05. The van der Waals surface area contributed by atoms with Crippen molar-refractivity contribution in [1.29, 1.82) is 0 Å². The van der Waals surface area contributed by atoms with E-state index in [1.165, 1.54) is 12.4 Å². The molecule has 0 unspecified atom stereocenters. The van der Waals surface area contributed by atoms with Crippen molar-refractivity contribution in [2.75, 3.05) is 0 Å². The summed E-state index contributed by atoms with van der Waals surface area (Å²) in [4.78, 5) is 13.0. The number of nitrogens with one attached hydrogen (secondary N) is 2. The number of ketones is 1. The van der Waals surface area contributed by atoms with Gasteiger partial charge < -0.3 is 10.6 Å². The van der Waals surface area contributed by atoms with E-state index in [0.717, 1.165) is 35.4 Å². The number of carbonyl (C=O) groups excluding carboxylic acids is 1. The topological polar surface area (TPSA) is 109 Å². The minimum absolute atomic E-state index is 0.0267. The van der Waals surface area contributed by atoms with Crippen LogP contribution in [0.2, 0.25) is 0 Å². The predicted molar refractivity (Wildman–Crippen MR) is 114 cm³/mol. The first kappa shape index (κ1) is 22.2. The average molecular weight is 481 g/mol. The van der Waals surface area contributed by atoms with Crippen molar-refractivity contribution in [3.8, 4) is 0 Å². The molecule has 2 aliphatic heterocycles. The molecule has 32 heavy (non-hydrogen) atoms. The summed E-state index contributed by atoms with van der Waals surface area (Å²) in [5.41, 5.74) is -0.148. The highest BCUT2D eigenvalue weighted by atomic mass is 32.2. The quantitative estimate of drug-likeness (QED) is 0.636. The third kappa shape index (κ3) is 4.05. The van der Waals surface area contributed by atoms with E-state index in [2.05, 4.69) is 10.6 Å². The van der Waals surface area contributed by atoms with Crippen LogP contribution in [0, 0.1) is 0 Å². The summed E-state index contributed by atoms with van der Waals surface area (Å²) in [6, 6.07) is 0. The van der Waals surface area contributed by atoms with Crippen LogP contribution in [0.5, 0.6) is 0 Å². The van der Waals surface area contributed by atoms with Gasteiger partial charge in [-0.2, -0.15) is 0 Å². The van der Waals surface area contributed by atoms with Gasteiger partial charge in [-0.05, 0) is 25.0 Å². The van der Waals surface area contributed by atoms with Crippen LogP contribution < -0.4 is 10.6 Å². The summed E-state index contributed by atoms with van der Waals surface area (Å²) in [6.07, 6.45) is 6.32. The highest BCUT2D eigenvalue weighted by Crippen LogP contribution is 2.39. The van der Waals surface area contributed by atoms with E-state index in [1.807, 2.05) is 0 Å². The van der Waals surface area contributed by atoms with Gasteiger partial charge in [-0.15, -0.1) is 0 Å². The van der Waals surface area contributed by atoms with Gasteiger partial charge in [0, 0.05) is 59.9 Å². The van der Waals surface area contributed by atoms with Gasteiger partial charge in [0.1, 0.15) is 11.7 Å². The Morgan fingerprint density at radius 1 is 0.719 bits per heavy atom. The average Bonchev–Trinajstić information content (AvgIpc) is 2.72. The number of hydrogen-bond acceptors (Lipinski definition) is 7. The Labute approximate surface area is 183 Å². The lowest BCUT2D eigenvalue weighted by Crippen LogP contribution is -2.21. The molecular weight excluding hydrogens is 462 g/mol. The maximum Gasteiger partial charge on any atom is 0.203 e. The molecule has 0 spiro atoms. The van der Waals surface area contributed by atoms with E-state index >= 15 is 0 Å². The molecule has 168 valence electrons.